The fraction of sp³-hybridized carbons (Fsp3) is 0.500. The SMILES string of the molecule is CCC(CC)(CNC(=O)Nc1c(C)cccc1C)C(=O)O. The minimum Gasteiger partial charge on any atom is -0.481 e. The molecule has 1 rings (SSSR count). The Labute approximate surface area is 125 Å². The average Bonchev–Trinajstić information content (AvgIpc) is 2.44. The molecular formula is C16H24N2O3. The van der Waals surface area contributed by atoms with Crippen LogP contribution < -0.4 is 10.6 Å². The molecule has 0 atom stereocenters. The van der Waals surface area contributed by atoms with Crippen molar-refractivity contribution in [3.63, 3.8) is 0 Å². The number of rotatable bonds is 6. The van der Waals surface area contributed by atoms with Crippen LogP contribution in [-0.4, -0.2) is 23.7 Å². The molecule has 0 spiro atoms. The summed E-state index contributed by atoms with van der Waals surface area (Å²) >= 11 is 0. The first-order chi connectivity index (χ1) is 9.86. The number of benzene rings is 1. The minimum absolute atomic E-state index is 0.117. The van der Waals surface area contributed by atoms with E-state index < -0.39 is 11.4 Å². The van der Waals surface area contributed by atoms with Crippen LogP contribution in [0.25, 0.3) is 0 Å². The van der Waals surface area contributed by atoms with E-state index in [0.29, 0.717) is 12.8 Å². The Bertz CT molecular complexity index is 502. The first kappa shape index (κ1) is 17.0. The van der Waals surface area contributed by atoms with Crippen LogP contribution in [0.4, 0.5) is 10.5 Å². The lowest BCUT2D eigenvalue weighted by molar-refractivity contribution is -0.149. The molecule has 0 aliphatic heterocycles. The largest absolute Gasteiger partial charge is 0.481 e. The summed E-state index contributed by atoms with van der Waals surface area (Å²) in [5.41, 5.74) is 1.81. The Balaban J connectivity index is 2.72. The molecule has 0 saturated carbocycles. The van der Waals surface area contributed by atoms with Gasteiger partial charge in [-0.2, -0.15) is 0 Å². The molecule has 0 aliphatic rings. The van der Waals surface area contributed by atoms with E-state index in [1.54, 1.807) is 0 Å². The van der Waals surface area contributed by atoms with Gasteiger partial charge in [-0.3, -0.25) is 4.79 Å². The number of urea groups is 1. The van der Waals surface area contributed by atoms with E-state index in [-0.39, 0.29) is 12.6 Å². The zero-order chi connectivity index (χ0) is 16.0. The van der Waals surface area contributed by atoms with Gasteiger partial charge in [0.25, 0.3) is 0 Å². The van der Waals surface area contributed by atoms with Crippen LogP contribution in [0.1, 0.15) is 37.8 Å². The van der Waals surface area contributed by atoms with Gasteiger partial charge in [0.15, 0.2) is 0 Å². The molecule has 0 saturated heterocycles. The van der Waals surface area contributed by atoms with Crippen molar-refractivity contribution in [3.8, 4) is 0 Å². The van der Waals surface area contributed by atoms with E-state index in [4.69, 9.17) is 0 Å². The summed E-state index contributed by atoms with van der Waals surface area (Å²) in [4.78, 5) is 23.4. The molecule has 1 aromatic rings. The molecule has 2 amide bonds. The monoisotopic (exact) mass is 292 g/mol. The maximum Gasteiger partial charge on any atom is 0.319 e. The van der Waals surface area contributed by atoms with E-state index in [0.717, 1.165) is 16.8 Å². The van der Waals surface area contributed by atoms with E-state index >= 15 is 0 Å². The van der Waals surface area contributed by atoms with Crippen LogP contribution in [0.3, 0.4) is 0 Å². The van der Waals surface area contributed by atoms with Gasteiger partial charge in [0, 0.05) is 12.2 Å². The van der Waals surface area contributed by atoms with Crippen molar-refractivity contribution in [2.75, 3.05) is 11.9 Å². The molecule has 0 unspecified atom stereocenters. The summed E-state index contributed by atoms with van der Waals surface area (Å²) in [6.45, 7) is 7.60. The van der Waals surface area contributed by atoms with Crippen molar-refractivity contribution in [3.05, 3.63) is 29.3 Å². The third-order valence-corrected chi connectivity index (χ3v) is 4.11. The second kappa shape index (κ2) is 7.11. The lowest BCUT2D eigenvalue weighted by atomic mass is 9.82. The molecule has 116 valence electrons. The lowest BCUT2D eigenvalue weighted by Gasteiger charge is -2.27. The Kier molecular flexibility index (Phi) is 5.76. The molecule has 3 N–H and O–H groups in total. The normalized spacial score (nSPS) is 11.0. The molecular weight excluding hydrogens is 268 g/mol. The second-order valence-electron chi connectivity index (χ2n) is 5.37. The van der Waals surface area contributed by atoms with Crippen LogP contribution >= 0.6 is 0 Å². The summed E-state index contributed by atoms with van der Waals surface area (Å²) in [5, 5.41) is 14.8. The van der Waals surface area contributed by atoms with Crippen molar-refractivity contribution in [1.29, 1.82) is 0 Å². The molecule has 0 fully saturated rings. The number of aliphatic carboxylic acids is 1. The summed E-state index contributed by atoms with van der Waals surface area (Å²) in [5.74, 6) is -0.875. The number of para-hydroxylation sites is 1. The molecule has 0 aliphatic carbocycles. The zero-order valence-electron chi connectivity index (χ0n) is 13.1. The maximum atomic E-state index is 12.0. The lowest BCUT2D eigenvalue weighted by Crippen LogP contribution is -2.43. The second-order valence-corrected chi connectivity index (χ2v) is 5.37. The van der Waals surface area contributed by atoms with Crippen molar-refractivity contribution < 1.29 is 14.7 Å². The minimum atomic E-state index is -0.905. The highest BCUT2D eigenvalue weighted by molar-refractivity contribution is 5.91. The molecule has 5 heteroatoms. The van der Waals surface area contributed by atoms with Crippen LogP contribution in [0.15, 0.2) is 18.2 Å². The average molecular weight is 292 g/mol. The van der Waals surface area contributed by atoms with E-state index in [1.807, 2.05) is 45.9 Å². The number of hydrogen-bond acceptors (Lipinski definition) is 2. The maximum absolute atomic E-state index is 12.0. The van der Waals surface area contributed by atoms with Crippen molar-refractivity contribution in [2.45, 2.75) is 40.5 Å². The zero-order valence-corrected chi connectivity index (χ0v) is 13.1. The number of carbonyl (C=O) groups excluding carboxylic acids is 1. The third kappa shape index (κ3) is 3.97. The van der Waals surface area contributed by atoms with E-state index in [2.05, 4.69) is 10.6 Å². The quantitative estimate of drug-likeness (QED) is 0.752. The van der Waals surface area contributed by atoms with Gasteiger partial charge < -0.3 is 15.7 Å². The molecule has 1 aromatic carbocycles. The first-order valence-corrected chi connectivity index (χ1v) is 7.20. The van der Waals surface area contributed by atoms with E-state index in [1.165, 1.54) is 0 Å². The van der Waals surface area contributed by atoms with Crippen LogP contribution in [-0.2, 0) is 4.79 Å². The highest BCUT2D eigenvalue weighted by atomic mass is 16.4. The highest BCUT2D eigenvalue weighted by Crippen LogP contribution is 2.26. The number of aryl methyl sites for hydroxylation is 2. The van der Waals surface area contributed by atoms with E-state index in [9.17, 15) is 14.7 Å². The molecule has 0 aromatic heterocycles. The van der Waals surface area contributed by atoms with Gasteiger partial charge in [-0.05, 0) is 37.8 Å². The summed E-state index contributed by atoms with van der Waals surface area (Å²) < 4.78 is 0. The highest BCUT2D eigenvalue weighted by Gasteiger charge is 2.35. The van der Waals surface area contributed by atoms with Crippen LogP contribution in [0.2, 0.25) is 0 Å². The topological polar surface area (TPSA) is 78.4 Å². The van der Waals surface area contributed by atoms with Crippen molar-refractivity contribution >= 4 is 17.7 Å². The Morgan fingerprint density at radius 3 is 2.10 bits per heavy atom. The summed E-state index contributed by atoms with van der Waals surface area (Å²) in [7, 11) is 0. The van der Waals surface area contributed by atoms with Gasteiger partial charge in [0.2, 0.25) is 0 Å². The summed E-state index contributed by atoms with van der Waals surface area (Å²) in [6.07, 6.45) is 0.949. The number of carboxylic acid groups (broad SMARTS) is 1. The number of anilines is 1. The summed E-state index contributed by atoms with van der Waals surface area (Å²) in [6, 6.07) is 5.39. The van der Waals surface area contributed by atoms with Gasteiger partial charge in [-0.1, -0.05) is 32.0 Å². The number of carboxylic acids is 1. The number of amides is 2. The Hall–Kier alpha value is -2.04. The van der Waals surface area contributed by atoms with Gasteiger partial charge in [-0.15, -0.1) is 0 Å². The van der Waals surface area contributed by atoms with Gasteiger partial charge >= 0.3 is 12.0 Å². The predicted molar refractivity (Wildman–Crippen MR) is 83.6 cm³/mol. The Morgan fingerprint density at radius 2 is 1.67 bits per heavy atom. The number of hydrogen-bond donors (Lipinski definition) is 3. The van der Waals surface area contributed by atoms with Crippen LogP contribution in [0.5, 0.6) is 0 Å². The third-order valence-electron chi connectivity index (χ3n) is 4.11. The number of carbonyl (C=O) groups is 2. The molecule has 0 radical (unpaired) electrons. The van der Waals surface area contributed by atoms with Crippen molar-refractivity contribution in [1.82, 2.24) is 5.32 Å². The predicted octanol–water partition coefficient (Wildman–Crippen LogP) is 3.32. The Morgan fingerprint density at radius 1 is 1.14 bits per heavy atom. The fourth-order valence-corrected chi connectivity index (χ4v) is 2.30. The smallest absolute Gasteiger partial charge is 0.319 e. The van der Waals surface area contributed by atoms with Crippen LogP contribution in [0, 0.1) is 19.3 Å². The van der Waals surface area contributed by atoms with Gasteiger partial charge in [-0.25, -0.2) is 4.79 Å². The fourth-order valence-electron chi connectivity index (χ4n) is 2.30. The van der Waals surface area contributed by atoms with Gasteiger partial charge in [0.1, 0.15) is 0 Å². The molecule has 0 bridgehead atoms. The van der Waals surface area contributed by atoms with Gasteiger partial charge in [0.05, 0.1) is 5.41 Å². The standard InChI is InChI=1S/C16H24N2O3/c1-5-16(6-2,14(19)20)10-17-15(21)18-13-11(3)8-7-9-12(13)4/h7-9H,5-6,10H2,1-4H3,(H,19,20)(H2,17,18,21). The first-order valence-electron chi connectivity index (χ1n) is 7.20. The van der Waals surface area contributed by atoms with Crippen molar-refractivity contribution in [2.24, 2.45) is 5.41 Å². The number of nitrogens with one attached hydrogen (secondary N) is 2. The molecule has 5 nitrogen and oxygen atoms in total. The molecule has 21 heavy (non-hydrogen) atoms. The molecule has 0 heterocycles.